The fraction of sp³-hybridized carbons (Fsp3) is 0.158. The zero-order chi connectivity index (χ0) is 19.1. The van der Waals surface area contributed by atoms with E-state index in [1.807, 2.05) is 0 Å². The Kier molecular flexibility index (Phi) is 5.88. The standard InChI is InChI=1S/C19H18FN5O2/c1-27-18(26)14-6-8-15(9-7-14)23-17-12-22-25-19(24-17)21-11-10-13-4-2-3-5-16(13)20/h2-9,12H,10-11H2,1H3,(H2,21,23,24,25). The lowest BCUT2D eigenvalue weighted by atomic mass is 10.1. The lowest BCUT2D eigenvalue weighted by molar-refractivity contribution is 0.0601. The van der Waals surface area contributed by atoms with Crippen LogP contribution in [0.15, 0.2) is 54.7 Å². The first-order valence-corrected chi connectivity index (χ1v) is 8.28. The van der Waals surface area contributed by atoms with E-state index in [9.17, 15) is 9.18 Å². The van der Waals surface area contributed by atoms with Crippen molar-refractivity contribution in [1.29, 1.82) is 0 Å². The van der Waals surface area contributed by atoms with Crippen molar-refractivity contribution in [3.8, 4) is 0 Å². The number of aromatic nitrogens is 3. The minimum atomic E-state index is -0.397. The maximum atomic E-state index is 13.6. The SMILES string of the molecule is COC(=O)c1ccc(Nc2cnnc(NCCc3ccccc3F)n2)cc1. The average molecular weight is 367 g/mol. The molecule has 0 fully saturated rings. The molecule has 0 amide bonds. The highest BCUT2D eigenvalue weighted by molar-refractivity contribution is 5.89. The molecule has 0 spiro atoms. The molecule has 3 aromatic rings. The van der Waals surface area contributed by atoms with Gasteiger partial charge in [-0.2, -0.15) is 10.1 Å². The molecule has 0 radical (unpaired) electrons. The van der Waals surface area contributed by atoms with Gasteiger partial charge in [0.15, 0.2) is 5.82 Å². The first-order valence-electron chi connectivity index (χ1n) is 8.28. The molecule has 1 aromatic heterocycles. The van der Waals surface area contributed by atoms with Gasteiger partial charge in [0, 0.05) is 12.2 Å². The third kappa shape index (κ3) is 4.97. The summed E-state index contributed by atoms with van der Waals surface area (Å²) in [4.78, 5) is 15.8. The van der Waals surface area contributed by atoms with Crippen molar-refractivity contribution in [3.05, 3.63) is 71.7 Å². The Hall–Kier alpha value is -3.55. The van der Waals surface area contributed by atoms with Crippen LogP contribution in [0.3, 0.4) is 0 Å². The van der Waals surface area contributed by atoms with Crippen LogP contribution in [0.2, 0.25) is 0 Å². The molecule has 3 rings (SSSR count). The van der Waals surface area contributed by atoms with E-state index in [1.54, 1.807) is 42.5 Å². The first-order chi connectivity index (χ1) is 13.2. The van der Waals surface area contributed by atoms with Crippen LogP contribution in [0.25, 0.3) is 0 Å². The number of hydrogen-bond acceptors (Lipinski definition) is 7. The number of carbonyl (C=O) groups is 1. The van der Waals surface area contributed by atoms with Crippen molar-refractivity contribution in [1.82, 2.24) is 15.2 Å². The van der Waals surface area contributed by atoms with Gasteiger partial charge in [0.1, 0.15) is 5.82 Å². The minimum absolute atomic E-state index is 0.232. The summed E-state index contributed by atoms with van der Waals surface area (Å²) in [6, 6.07) is 13.4. The number of benzene rings is 2. The molecule has 2 aromatic carbocycles. The van der Waals surface area contributed by atoms with E-state index in [1.165, 1.54) is 19.4 Å². The highest BCUT2D eigenvalue weighted by atomic mass is 19.1. The van der Waals surface area contributed by atoms with Crippen LogP contribution in [0.4, 0.5) is 21.8 Å². The lowest BCUT2D eigenvalue weighted by Crippen LogP contribution is -2.10. The molecule has 0 unspecified atom stereocenters. The highest BCUT2D eigenvalue weighted by Gasteiger charge is 2.06. The Bertz CT molecular complexity index is 918. The van der Waals surface area contributed by atoms with Crippen LogP contribution in [-0.4, -0.2) is 34.8 Å². The number of esters is 1. The Morgan fingerprint density at radius 1 is 1.15 bits per heavy atom. The number of nitrogens with zero attached hydrogens (tertiary/aromatic N) is 3. The van der Waals surface area contributed by atoms with Crippen molar-refractivity contribution in [2.75, 3.05) is 24.3 Å². The van der Waals surface area contributed by atoms with Gasteiger partial charge in [-0.3, -0.25) is 0 Å². The van der Waals surface area contributed by atoms with Crippen LogP contribution in [0, 0.1) is 5.82 Å². The molecule has 138 valence electrons. The molecule has 1 heterocycles. The van der Waals surface area contributed by atoms with Gasteiger partial charge in [0.25, 0.3) is 0 Å². The topological polar surface area (TPSA) is 89.0 Å². The van der Waals surface area contributed by atoms with E-state index in [0.29, 0.717) is 35.9 Å². The summed E-state index contributed by atoms with van der Waals surface area (Å²) in [7, 11) is 1.34. The van der Waals surface area contributed by atoms with E-state index < -0.39 is 5.97 Å². The van der Waals surface area contributed by atoms with E-state index in [-0.39, 0.29) is 5.82 Å². The molecule has 2 N–H and O–H groups in total. The van der Waals surface area contributed by atoms with Crippen LogP contribution < -0.4 is 10.6 Å². The van der Waals surface area contributed by atoms with Gasteiger partial charge >= 0.3 is 5.97 Å². The smallest absolute Gasteiger partial charge is 0.337 e. The van der Waals surface area contributed by atoms with Crippen molar-refractivity contribution in [3.63, 3.8) is 0 Å². The van der Waals surface area contributed by atoms with Gasteiger partial charge in [-0.15, -0.1) is 5.10 Å². The third-order valence-corrected chi connectivity index (χ3v) is 3.77. The fourth-order valence-corrected chi connectivity index (χ4v) is 2.40. The van der Waals surface area contributed by atoms with Crippen molar-refractivity contribution in [2.45, 2.75) is 6.42 Å². The molecular formula is C19H18FN5O2. The number of methoxy groups -OCH3 is 1. The van der Waals surface area contributed by atoms with Crippen LogP contribution in [-0.2, 0) is 11.2 Å². The largest absolute Gasteiger partial charge is 0.465 e. The second kappa shape index (κ2) is 8.70. The summed E-state index contributed by atoms with van der Waals surface area (Å²) in [6.45, 7) is 0.472. The minimum Gasteiger partial charge on any atom is -0.465 e. The molecular weight excluding hydrogens is 349 g/mol. The fourth-order valence-electron chi connectivity index (χ4n) is 2.40. The normalized spacial score (nSPS) is 10.3. The maximum absolute atomic E-state index is 13.6. The second-order valence-electron chi connectivity index (χ2n) is 5.63. The van der Waals surface area contributed by atoms with Gasteiger partial charge in [0.2, 0.25) is 5.95 Å². The van der Waals surface area contributed by atoms with Gasteiger partial charge < -0.3 is 15.4 Å². The Labute approximate surface area is 155 Å². The molecule has 0 saturated carbocycles. The number of halogens is 1. The molecule has 0 aliphatic carbocycles. The van der Waals surface area contributed by atoms with Crippen molar-refractivity contribution >= 4 is 23.4 Å². The van der Waals surface area contributed by atoms with Gasteiger partial charge in [-0.25, -0.2) is 9.18 Å². The zero-order valence-electron chi connectivity index (χ0n) is 14.6. The Morgan fingerprint density at radius 3 is 2.67 bits per heavy atom. The number of rotatable bonds is 7. The highest BCUT2D eigenvalue weighted by Crippen LogP contribution is 2.16. The molecule has 27 heavy (non-hydrogen) atoms. The summed E-state index contributed by atoms with van der Waals surface area (Å²) in [6.07, 6.45) is 1.99. The van der Waals surface area contributed by atoms with Gasteiger partial charge in [0.05, 0.1) is 18.9 Å². The molecule has 8 heteroatoms. The summed E-state index contributed by atoms with van der Waals surface area (Å²) in [5.74, 6) is 0.197. The Morgan fingerprint density at radius 2 is 1.93 bits per heavy atom. The lowest BCUT2D eigenvalue weighted by Gasteiger charge is -2.08. The van der Waals surface area contributed by atoms with Crippen LogP contribution >= 0.6 is 0 Å². The van der Waals surface area contributed by atoms with Gasteiger partial charge in [-0.1, -0.05) is 18.2 Å². The molecule has 0 saturated heterocycles. The number of nitrogens with one attached hydrogen (secondary N) is 2. The maximum Gasteiger partial charge on any atom is 0.337 e. The molecule has 0 bridgehead atoms. The number of carbonyl (C=O) groups excluding carboxylic acids is 1. The van der Waals surface area contributed by atoms with E-state index >= 15 is 0 Å². The van der Waals surface area contributed by atoms with Crippen LogP contribution in [0.5, 0.6) is 0 Å². The summed E-state index contributed by atoms with van der Waals surface area (Å²) >= 11 is 0. The number of ether oxygens (including phenoxy) is 1. The van der Waals surface area contributed by atoms with Crippen molar-refractivity contribution < 1.29 is 13.9 Å². The molecule has 0 aliphatic heterocycles. The first kappa shape index (κ1) is 18.2. The predicted molar refractivity (Wildman–Crippen MR) is 99.5 cm³/mol. The second-order valence-corrected chi connectivity index (χ2v) is 5.63. The van der Waals surface area contributed by atoms with E-state index in [4.69, 9.17) is 0 Å². The Balaban J connectivity index is 1.58. The summed E-state index contributed by atoms with van der Waals surface area (Å²) in [5, 5.41) is 13.9. The predicted octanol–water partition coefficient (Wildman–Crippen LogP) is 3.20. The van der Waals surface area contributed by atoms with Crippen LogP contribution in [0.1, 0.15) is 15.9 Å². The number of anilines is 3. The third-order valence-electron chi connectivity index (χ3n) is 3.77. The molecule has 0 aliphatic rings. The molecule has 0 atom stereocenters. The van der Waals surface area contributed by atoms with E-state index in [0.717, 1.165) is 5.69 Å². The summed E-state index contributed by atoms with van der Waals surface area (Å²) < 4.78 is 18.3. The zero-order valence-corrected chi connectivity index (χ0v) is 14.6. The molecule has 7 nitrogen and oxygen atoms in total. The van der Waals surface area contributed by atoms with Crippen molar-refractivity contribution in [2.24, 2.45) is 0 Å². The average Bonchev–Trinajstić information content (AvgIpc) is 2.70. The monoisotopic (exact) mass is 367 g/mol. The summed E-state index contributed by atoms with van der Waals surface area (Å²) in [5.41, 5.74) is 1.82. The van der Waals surface area contributed by atoms with E-state index in [2.05, 4.69) is 30.6 Å². The quantitative estimate of drug-likeness (QED) is 0.620. The number of hydrogen-bond donors (Lipinski definition) is 2. The van der Waals surface area contributed by atoms with Gasteiger partial charge in [-0.05, 0) is 42.3 Å².